The van der Waals surface area contributed by atoms with Gasteiger partial charge in [0.15, 0.2) is 11.5 Å². The highest BCUT2D eigenvalue weighted by molar-refractivity contribution is 5.86. The molecule has 0 fully saturated rings. The fraction of sp³-hybridized carbons (Fsp3) is 0.467. The number of carbonyl (C=O) groups is 2. The number of aliphatic carboxylic acids is 1. The molecule has 0 saturated carbocycles. The van der Waals surface area contributed by atoms with Crippen molar-refractivity contribution < 1.29 is 24.2 Å². The second kappa shape index (κ2) is 6.03. The minimum Gasteiger partial charge on any atom is -0.480 e. The number of aryl methyl sites for hydroxylation is 1. The van der Waals surface area contributed by atoms with Crippen molar-refractivity contribution in [1.82, 2.24) is 5.32 Å². The maximum Gasteiger partial charge on any atom is 0.329 e. The summed E-state index contributed by atoms with van der Waals surface area (Å²) in [5, 5.41) is 11.7. The maximum atomic E-state index is 11.9. The topological polar surface area (TPSA) is 84.9 Å². The zero-order chi connectivity index (χ0) is 15.5. The Bertz CT molecular complexity index is 557. The smallest absolute Gasteiger partial charge is 0.329 e. The van der Waals surface area contributed by atoms with Crippen LogP contribution in [-0.2, 0) is 16.0 Å². The van der Waals surface area contributed by atoms with Crippen LogP contribution in [0.25, 0.3) is 0 Å². The number of carboxylic acid groups (broad SMARTS) is 1. The summed E-state index contributed by atoms with van der Waals surface area (Å²) in [6.45, 7) is 3.45. The van der Waals surface area contributed by atoms with Crippen molar-refractivity contribution in [2.75, 3.05) is 6.79 Å². The van der Waals surface area contributed by atoms with Crippen molar-refractivity contribution >= 4 is 11.9 Å². The number of amides is 1. The predicted octanol–water partition coefficient (Wildman–Crippen LogP) is 1.72. The summed E-state index contributed by atoms with van der Waals surface area (Å²) >= 11 is 0. The molecule has 1 unspecified atom stereocenters. The summed E-state index contributed by atoms with van der Waals surface area (Å²) in [4.78, 5) is 23.0. The standard InChI is InChI=1S/C15H19NO5/c1-3-15(2,14(18)19)16-13(17)7-5-10-4-6-11-12(8-10)21-9-20-11/h4,6,8H,3,5,7,9H2,1-2H3,(H,16,17)(H,18,19). The molecule has 1 amide bonds. The van der Waals surface area contributed by atoms with Crippen LogP contribution in [0.15, 0.2) is 18.2 Å². The molecule has 0 aromatic heterocycles. The molecule has 1 atom stereocenters. The summed E-state index contributed by atoms with van der Waals surface area (Å²) in [7, 11) is 0. The summed E-state index contributed by atoms with van der Waals surface area (Å²) in [5.74, 6) is 0.0744. The van der Waals surface area contributed by atoms with Crippen molar-refractivity contribution in [2.45, 2.75) is 38.6 Å². The van der Waals surface area contributed by atoms with Gasteiger partial charge < -0.3 is 19.9 Å². The minimum atomic E-state index is -1.22. The second-order valence-electron chi connectivity index (χ2n) is 5.23. The maximum absolute atomic E-state index is 11.9. The van der Waals surface area contributed by atoms with Crippen molar-refractivity contribution in [3.8, 4) is 11.5 Å². The average Bonchev–Trinajstić information content (AvgIpc) is 2.92. The predicted molar refractivity (Wildman–Crippen MR) is 75.4 cm³/mol. The fourth-order valence-electron chi connectivity index (χ4n) is 2.02. The number of ether oxygens (including phenoxy) is 2. The third kappa shape index (κ3) is 3.45. The lowest BCUT2D eigenvalue weighted by atomic mass is 9.98. The van der Waals surface area contributed by atoms with Crippen LogP contribution in [-0.4, -0.2) is 29.3 Å². The van der Waals surface area contributed by atoms with Crippen LogP contribution in [0.1, 0.15) is 32.3 Å². The summed E-state index contributed by atoms with van der Waals surface area (Å²) in [6, 6.07) is 5.52. The first-order chi connectivity index (χ1) is 9.94. The molecular weight excluding hydrogens is 274 g/mol. The number of rotatable bonds is 6. The van der Waals surface area contributed by atoms with Gasteiger partial charge in [-0.2, -0.15) is 0 Å². The third-order valence-corrected chi connectivity index (χ3v) is 3.67. The molecule has 21 heavy (non-hydrogen) atoms. The van der Waals surface area contributed by atoms with Gasteiger partial charge in [0.1, 0.15) is 5.54 Å². The van der Waals surface area contributed by atoms with Crippen LogP contribution in [0, 0.1) is 0 Å². The lowest BCUT2D eigenvalue weighted by molar-refractivity contribution is -0.147. The van der Waals surface area contributed by atoms with Crippen LogP contribution < -0.4 is 14.8 Å². The Balaban J connectivity index is 1.91. The lowest BCUT2D eigenvalue weighted by Crippen LogP contribution is -2.51. The molecular formula is C15H19NO5. The summed E-state index contributed by atoms with van der Waals surface area (Å²) in [5.41, 5.74) is -0.269. The molecule has 1 aromatic carbocycles. The van der Waals surface area contributed by atoms with Crippen molar-refractivity contribution in [1.29, 1.82) is 0 Å². The average molecular weight is 293 g/mol. The van der Waals surface area contributed by atoms with Gasteiger partial charge in [-0.25, -0.2) is 4.79 Å². The Morgan fingerprint density at radius 3 is 2.71 bits per heavy atom. The van der Waals surface area contributed by atoms with Gasteiger partial charge >= 0.3 is 5.97 Å². The normalized spacial score (nSPS) is 15.3. The summed E-state index contributed by atoms with van der Waals surface area (Å²) < 4.78 is 10.5. The van der Waals surface area contributed by atoms with Gasteiger partial charge in [-0.05, 0) is 37.5 Å². The molecule has 0 aliphatic carbocycles. The molecule has 2 rings (SSSR count). The first-order valence-electron chi connectivity index (χ1n) is 6.87. The van der Waals surface area contributed by atoms with Crippen LogP contribution in [0.3, 0.4) is 0 Å². The van der Waals surface area contributed by atoms with E-state index >= 15 is 0 Å². The quantitative estimate of drug-likeness (QED) is 0.834. The number of carbonyl (C=O) groups excluding carboxylic acids is 1. The first-order valence-corrected chi connectivity index (χ1v) is 6.87. The third-order valence-electron chi connectivity index (χ3n) is 3.67. The number of benzene rings is 1. The number of hydrogen-bond donors (Lipinski definition) is 2. The van der Waals surface area contributed by atoms with E-state index in [1.807, 2.05) is 18.2 Å². The molecule has 1 aliphatic rings. The molecule has 0 spiro atoms. The van der Waals surface area contributed by atoms with Gasteiger partial charge in [-0.15, -0.1) is 0 Å². The second-order valence-corrected chi connectivity index (χ2v) is 5.23. The molecule has 1 heterocycles. The van der Waals surface area contributed by atoms with E-state index < -0.39 is 11.5 Å². The Morgan fingerprint density at radius 1 is 1.33 bits per heavy atom. The lowest BCUT2D eigenvalue weighted by Gasteiger charge is -2.24. The van der Waals surface area contributed by atoms with Crippen LogP contribution >= 0.6 is 0 Å². The van der Waals surface area contributed by atoms with E-state index in [9.17, 15) is 9.59 Å². The van der Waals surface area contributed by atoms with E-state index in [0.717, 1.165) is 5.56 Å². The van der Waals surface area contributed by atoms with Crippen molar-refractivity contribution in [3.63, 3.8) is 0 Å². The van der Waals surface area contributed by atoms with Gasteiger partial charge in [-0.1, -0.05) is 13.0 Å². The highest BCUT2D eigenvalue weighted by atomic mass is 16.7. The highest BCUT2D eigenvalue weighted by Crippen LogP contribution is 2.32. The van der Waals surface area contributed by atoms with Gasteiger partial charge in [0.05, 0.1) is 0 Å². The van der Waals surface area contributed by atoms with E-state index in [0.29, 0.717) is 24.3 Å². The van der Waals surface area contributed by atoms with E-state index in [2.05, 4.69) is 5.32 Å². The van der Waals surface area contributed by atoms with Crippen molar-refractivity contribution in [2.24, 2.45) is 0 Å². The minimum absolute atomic E-state index is 0.215. The van der Waals surface area contributed by atoms with Crippen LogP contribution in [0.4, 0.5) is 0 Å². The van der Waals surface area contributed by atoms with Crippen LogP contribution in [0.5, 0.6) is 11.5 Å². The van der Waals surface area contributed by atoms with Gasteiger partial charge in [-0.3, -0.25) is 4.79 Å². The largest absolute Gasteiger partial charge is 0.480 e. The molecule has 2 N–H and O–H groups in total. The Hall–Kier alpha value is -2.24. The zero-order valence-corrected chi connectivity index (χ0v) is 12.1. The molecule has 6 heteroatoms. The number of carboxylic acids is 1. The summed E-state index contributed by atoms with van der Waals surface area (Å²) in [6.07, 6.45) is 1.07. The van der Waals surface area contributed by atoms with Gasteiger partial charge in [0, 0.05) is 6.42 Å². The van der Waals surface area contributed by atoms with E-state index in [4.69, 9.17) is 14.6 Å². The van der Waals surface area contributed by atoms with E-state index in [-0.39, 0.29) is 19.1 Å². The Morgan fingerprint density at radius 2 is 2.05 bits per heavy atom. The molecule has 1 aliphatic heterocycles. The molecule has 1 aromatic rings. The van der Waals surface area contributed by atoms with Gasteiger partial charge in [0.2, 0.25) is 12.7 Å². The number of hydrogen-bond acceptors (Lipinski definition) is 4. The molecule has 6 nitrogen and oxygen atoms in total. The van der Waals surface area contributed by atoms with Crippen molar-refractivity contribution in [3.05, 3.63) is 23.8 Å². The monoisotopic (exact) mass is 293 g/mol. The SMILES string of the molecule is CCC(C)(NC(=O)CCc1ccc2c(c1)OCO2)C(=O)O. The van der Waals surface area contributed by atoms with Crippen LogP contribution in [0.2, 0.25) is 0 Å². The number of nitrogens with one attached hydrogen (secondary N) is 1. The Kier molecular flexibility index (Phi) is 4.35. The van der Waals surface area contributed by atoms with E-state index in [1.165, 1.54) is 6.92 Å². The molecule has 114 valence electrons. The molecule has 0 bridgehead atoms. The highest BCUT2D eigenvalue weighted by Gasteiger charge is 2.32. The molecule has 0 radical (unpaired) electrons. The first kappa shape index (κ1) is 15.2. The van der Waals surface area contributed by atoms with E-state index in [1.54, 1.807) is 6.92 Å². The molecule has 0 saturated heterocycles. The van der Waals surface area contributed by atoms with Gasteiger partial charge in [0.25, 0.3) is 0 Å². The number of fused-ring (bicyclic) bond motifs is 1. The Labute approximate surface area is 123 Å². The fourth-order valence-corrected chi connectivity index (χ4v) is 2.02. The zero-order valence-electron chi connectivity index (χ0n) is 12.1.